The first-order valence-electron chi connectivity index (χ1n) is 14.3. The molecule has 5 aromatic rings. The largest absolute Gasteiger partial charge is 0.481 e. The lowest BCUT2D eigenvalue weighted by molar-refractivity contribution is -0.137. The molecule has 46 heavy (non-hydrogen) atoms. The Morgan fingerprint density at radius 1 is 1.00 bits per heavy atom. The number of pyridine rings is 1. The zero-order chi connectivity index (χ0) is 32.6. The van der Waals surface area contributed by atoms with Crippen LogP contribution in [0.25, 0.3) is 33.8 Å². The second kappa shape index (κ2) is 12.3. The summed E-state index contributed by atoms with van der Waals surface area (Å²) in [5.74, 6) is -3.15. The van der Waals surface area contributed by atoms with Crippen molar-refractivity contribution in [2.75, 3.05) is 19.5 Å². The number of methoxy groups -OCH3 is 2. The van der Waals surface area contributed by atoms with Gasteiger partial charge < -0.3 is 19.4 Å². The Bertz CT molecular complexity index is 1890. The second-order valence-electron chi connectivity index (χ2n) is 10.8. The molecule has 0 radical (unpaired) electrons. The minimum absolute atomic E-state index is 0.00860. The number of amides is 1. The van der Waals surface area contributed by atoms with E-state index >= 15 is 0 Å². The molecule has 1 fully saturated rings. The number of imidazole rings is 1. The van der Waals surface area contributed by atoms with Gasteiger partial charge in [0.05, 0.1) is 42.1 Å². The van der Waals surface area contributed by atoms with Crippen LogP contribution in [-0.2, 0) is 11.0 Å². The highest BCUT2D eigenvalue weighted by Crippen LogP contribution is 2.42. The van der Waals surface area contributed by atoms with Crippen LogP contribution >= 0.6 is 0 Å². The first-order chi connectivity index (χ1) is 22.1. The molecule has 1 unspecified atom stereocenters. The standard InChI is InChI=1S/C30H27F5N8O3/c1-45-24-11-9-17(29(38-24)46-2)27-36-22-13-19(31)20(32)14-23(22)43(27)25(15-6-4-3-5-7-15)28(44)37-21-10-8-16(26-39-41-42-40-26)12-18(21)30(33,34)35/h8-15,25H,3-7H2,1-2H3,(H,37,44)(H,39,40,41,42). The third-order valence-corrected chi connectivity index (χ3v) is 8.05. The van der Waals surface area contributed by atoms with Crippen molar-refractivity contribution in [2.45, 2.75) is 44.3 Å². The van der Waals surface area contributed by atoms with Gasteiger partial charge in [0.25, 0.3) is 0 Å². The first-order valence-corrected chi connectivity index (χ1v) is 14.3. The Labute approximate surface area is 258 Å². The number of anilines is 1. The normalized spacial score (nSPS) is 14.8. The third-order valence-electron chi connectivity index (χ3n) is 8.05. The summed E-state index contributed by atoms with van der Waals surface area (Å²) in [4.78, 5) is 23.2. The summed E-state index contributed by atoms with van der Waals surface area (Å²) in [5.41, 5.74) is -1.19. The molecule has 1 aliphatic carbocycles. The predicted molar refractivity (Wildman–Crippen MR) is 155 cm³/mol. The van der Waals surface area contributed by atoms with E-state index in [-0.39, 0.29) is 51.5 Å². The van der Waals surface area contributed by atoms with E-state index in [4.69, 9.17) is 9.47 Å². The molecule has 1 atom stereocenters. The minimum atomic E-state index is -4.86. The number of ether oxygens (including phenoxy) is 2. The number of aromatic nitrogens is 7. The lowest BCUT2D eigenvalue weighted by Gasteiger charge is -2.32. The molecule has 16 heteroatoms. The molecule has 2 N–H and O–H groups in total. The van der Waals surface area contributed by atoms with Gasteiger partial charge in [-0.25, -0.2) is 18.9 Å². The van der Waals surface area contributed by atoms with Gasteiger partial charge >= 0.3 is 6.18 Å². The molecule has 1 aliphatic rings. The summed E-state index contributed by atoms with van der Waals surface area (Å²) < 4.78 is 84.3. The summed E-state index contributed by atoms with van der Waals surface area (Å²) in [6.45, 7) is 0. The Hall–Kier alpha value is -5.15. The maximum atomic E-state index is 14.8. The molecule has 0 aliphatic heterocycles. The van der Waals surface area contributed by atoms with Gasteiger partial charge in [-0.1, -0.05) is 19.3 Å². The Kier molecular flexibility index (Phi) is 8.27. The van der Waals surface area contributed by atoms with Crippen LogP contribution in [0.4, 0.5) is 27.6 Å². The minimum Gasteiger partial charge on any atom is -0.481 e. The number of carbonyl (C=O) groups excluding carboxylic acids is 1. The average molecular weight is 643 g/mol. The summed E-state index contributed by atoms with van der Waals surface area (Å²) >= 11 is 0. The topological polar surface area (TPSA) is 133 Å². The van der Waals surface area contributed by atoms with E-state index in [2.05, 4.69) is 35.9 Å². The third kappa shape index (κ3) is 5.81. The lowest BCUT2D eigenvalue weighted by Crippen LogP contribution is -2.34. The van der Waals surface area contributed by atoms with E-state index in [0.717, 1.165) is 43.5 Å². The number of benzene rings is 2. The van der Waals surface area contributed by atoms with Crippen LogP contribution in [-0.4, -0.2) is 55.3 Å². The monoisotopic (exact) mass is 642 g/mol. The number of hydrogen-bond donors (Lipinski definition) is 2. The number of tetrazole rings is 1. The maximum absolute atomic E-state index is 14.8. The van der Waals surface area contributed by atoms with Crippen molar-refractivity contribution < 1.29 is 36.2 Å². The van der Waals surface area contributed by atoms with Crippen molar-refractivity contribution in [3.63, 3.8) is 0 Å². The molecule has 6 rings (SSSR count). The molecule has 3 heterocycles. The summed E-state index contributed by atoms with van der Waals surface area (Å²) in [6.07, 6.45) is -1.30. The molecule has 2 aromatic carbocycles. The van der Waals surface area contributed by atoms with Crippen molar-refractivity contribution in [1.29, 1.82) is 0 Å². The van der Waals surface area contributed by atoms with Crippen LogP contribution < -0.4 is 14.8 Å². The number of halogens is 5. The Balaban J connectivity index is 1.53. The van der Waals surface area contributed by atoms with Crippen LogP contribution in [0.2, 0.25) is 0 Å². The number of hydrogen-bond acceptors (Lipinski definition) is 8. The van der Waals surface area contributed by atoms with Crippen LogP contribution in [0.1, 0.15) is 43.7 Å². The van der Waals surface area contributed by atoms with Crippen LogP contribution in [0.5, 0.6) is 11.8 Å². The molecule has 0 bridgehead atoms. The van der Waals surface area contributed by atoms with Crippen LogP contribution in [0, 0.1) is 17.6 Å². The summed E-state index contributed by atoms with van der Waals surface area (Å²) in [7, 11) is 2.77. The van der Waals surface area contributed by atoms with Crippen molar-refractivity contribution >= 4 is 22.6 Å². The average Bonchev–Trinajstić information content (AvgIpc) is 3.70. The van der Waals surface area contributed by atoms with Crippen molar-refractivity contribution in [3.05, 3.63) is 59.7 Å². The smallest absolute Gasteiger partial charge is 0.418 e. The number of nitrogens with one attached hydrogen (secondary N) is 2. The number of aromatic amines is 1. The summed E-state index contributed by atoms with van der Waals surface area (Å²) in [6, 6.07) is 7.04. The van der Waals surface area contributed by atoms with Crippen molar-refractivity contribution in [3.8, 4) is 34.5 Å². The molecule has 1 saturated carbocycles. The number of rotatable bonds is 8. The van der Waals surface area contributed by atoms with Gasteiger partial charge in [0.1, 0.15) is 11.9 Å². The fourth-order valence-corrected chi connectivity index (χ4v) is 5.94. The van der Waals surface area contributed by atoms with Crippen molar-refractivity contribution in [2.24, 2.45) is 5.92 Å². The van der Waals surface area contributed by atoms with Gasteiger partial charge in [0, 0.05) is 23.8 Å². The quantitative estimate of drug-likeness (QED) is 0.187. The zero-order valence-electron chi connectivity index (χ0n) is 24.5. The highest BCUT2D eigenvalue weighted by atomic mass is 19.4. The highest BCUT2D eigenvalue weighted by molar-refractivity contribution is 5.97. The first kappa shape index (κ1) is 30.9. The van der Waals surface area contributed by atoms with Gasteiger partial charge in [-0.2, -0.15) is 18.2 Å². The maximum Gasteiger partial charge on any atom is 0.418 e. The van der Waals surface area contributed by atoms with Crippen LogP contribution in [0.15, 0.2) is 42.5 Å². The number of H-pyrrole nitrogens is 1. The number of carbonyl (C=O) groups is 1. The zero-order valence-corrected chi connectivity index (χ0v) is 24.5. The fraction of sp³-hybridized carbons (Fsp3) is 0.333. The van der Waals surface area contributed by atoms with Gasteiger partial charge in [-0.3, -0.25) is 4.79 Å². The van der Waals surface area contributed by atoms with Crippen molar-refractivity contribution in [1.82, 2.24) is 35.2 Å². The Morgan fingerprint density at radius 2 is 1.76 bits per heavy atom. The number of alkyl halides is 3. The van der Waals surface area contributed by atoms with Crippen LogP contribution in [0.3, 0.4) is 0 Å². The second-order valence-corrected chi connectivity index (χ2v) is 10.8. The van der Waals surface area contributed by atoms with E-state index < -0.39 is 41.0 Å². The van der Waals surface area contributed by atoms with E-state index in [0.29, 0.717) is 12.8 Å². The van der Waals surface area contributed by atoms with Gasteiger partial charge in [0.2, 0.25) is 17.7 Å². The number of fused-ring (bicyclic) bond motifs is 1. The van der Waals surface area contributed by atoms with E-state index in [1.807, 2.05) is 0 Å². The fourth-order valence-electron chi connectivity index (χ4n) is 5.94. The van der Waals surface area contributed by atoms with E-state index in [9.17, 15) is 26.7 Å². The Morgan fingerprint density at radius 3 is 2.43 bits per heavy atom. The predicted octanol–water partition coefficient (Wildman–Crippen LogP) is 6.35. The summed E-state index contributed by atoms with van der Waals surface area (Å²) in [5, 5.41) is 15.4. The molecule has 11 nitrogen and oxygen atoms in total. The molecular weight excluding hydrogens is 615 g/mol. The highest BCUT2D eigenvalue weighted by Gasteiger charge is 2.38. The lowest BCUT2D eigenvalue weighted by atomic mass is 9.83. The van der Waals surface area contributed by atoms with E-state index in [1.165, 1.54) is 30.9 Å². The molecule has 0 saturated heterocycles. The van der Waals surface area contributed by atoms with Gasteiger partial charge in [-0.15, -0.1) is 5.10 Å². The van der Waals surface area contributed by atoms with Gasteiger partial charge in [0.15, 0.2) is 17.5 Å². The molecule has 3 aromatic heterocycles. The van der Waals surface area contributed by atoms with E-state index in [1.54, 1.807) is 6.07 Å². The molecule has 240 valence electrons. The molecule has 1 amide bonds. The van der Waals surface area contributed by atoms with Gasteiger partial charge in [-0.05, 0) is 53.5 Å². The SMILES string of the molecule is COc1ccc(-c2nc3cc(F)c(F)cc3n2C(C(=O)Nc2ccc(-c3nnn[nH]3)cc2C(F)(F)F)C2CCCCC2)c(OC)n1. The number of nitrogens with zero attached hydrogens (tertiary/aromatic N) is 6. The molecular formula is C30H27F5N8O3. The molecule has 0 spiro atoms.